The van der Waals surface area contributed by atoms with Crippen LogP contribution in [0.3, 0.4) is 0 Å². The van der Waals surface area contributed by atoms with Crippen molar-refractivity contribution in [1.29, 1.82) is 5.26 Å². The lowest BCUT2D eigenvalue weighted by atomic mass is 10.1. The van der Waals surface area contributed by atoms with Crippen LogP contribution in [0.4, 0.5) is 5.69 Å². The molecule has 2 rings (SSSR count). The summed E-state index contributed by atoms with van der Waals surface area (Å²) in [7, 11) is 1.84. The van der Waals surface area contributed by atoms with Gasteiger partial charge >= 0.3 is 0 Å². The van der Waals surface area contributed by atoms with Crippen molar-refractivity contribution in [2.75, 3.05) is 17.2 Å². The lowest BCUT2D eigenvalue weighted by Gasteiger charge is -2.22. The molecule has 1 aromatic heterocycles. The van der Waals surface area contributed by atoms with Crippen LogP contribution in [0.2, 0.25) is 0 Å². The van der Waals surface area contributed by atoms with E-state index in [1.54, 1.807) is 15.8 Å². The highest BCUT2D eigenvalue weighted by Crippen LogP contribution is 2.22. The standard InChI is InChI=1S/C16H19N5OS/c1-12-7-13(2)9-14(8-12)21(6-4-5-17)15(22)10-23-16-19-18-11-20(16)3/h7-9,11H,4,6,10H2,1-3H3. The lowest BCUT2D eigenvalue weighted by molar-refractivity contribution is -0.116. The van der Waals surface area contributed by atoms with Gasteiger partial charge in [-0.2, -0.15) is 5.26 Å². The molecular formula is C16H19N5OS. The fraction of sp³-hybridized carbons (Fsp3) is 0.375. The monoisotopic (exact) mass is 329 g/mol. The smallest absolute Gasteiger partial charge is 0.237 e. The van der Waals surface area contributed by atoms with Crippen LogP contribution in [-0.2, 0) is 11.8 Å². The first-order valence-electron chi connectivity index (χ1n) is 7.23. The maximum absolute atomic E-state index is 12.6. The Hall–Kier alpha value is -2.33. The van der Waals surface area contributed by atoms with Gasteiger partial charge in [0.05, 0.1) is 18.2 Å². The van der Waals surface area contributed by atoms with E-state index in [0.717, 1.165) is 16.8 Å². The highest BCUT2D eigenvalue weighted by Gasteiger charge is 2.17. The number of nitrogens with zero attached hydrogens (tertiary/aromatic N) is 5. The number of amides is 1. The largest absolute Gasteiger partial charge is 0.312 e. The molecule has 7 heteroatoms. The SMILES string of the molecule is Cc1cc(C)cc(N(CCC#N)C(=O)CSc2nncn2C)c1. The minimum Gasteiger partial charge on any atom is -0.312 e. The minimum atomic E-state index is -0.0433. The Morgan fingerprint density at radius 3 is 2.61 bits per heavy atom. The van der Waals surface area contributed by atoms with Gasteiger partial charge in [-0.15, -0.1) is 10.2 Å². The van der Waals surface area contributed by atoms with Gasteiger partial charge < -0.3 is 9.47 Å². The Bertz CT molecular complexity index is 714. The molecular weight excluding hydrogens is 310 g/mol. The molecule has 0 radical (unpaired) electrons. The van der Waals surface area contributed by atoms with Gasteiger partial charge in [0, 0.05) is 19.3 Å². The average molecular weight is 329 g/mol. The van der Waals surface area contributed by atoms with Crippen molar-refractivity contribution in [3.8, 4) is 6.07 Å². The summed E-state index contributed by atoms with van der Waals surface area (Å²) in [6.07, 6.45) is 1.90. The van der Waals surface area contributed by atoms with Gasteiger partial charge in [0.15, 0.2) is 5.16 Å². The molecule has 0 fully saturated rings. The number of aryl methyl sites for hydroxylation is 3. The van der Waals surface area contributed by atoms with Gasteiger partial charge in [0.1, 0.15) is 6.33 Å². The minimum absolute atomic E-state index is 0.0433. The second kappa shape index (κ2) is 7.79. The Morgan fingerprint density at radius 2 is 2.04 bits per heavy atom. The Kier molecular flexibility index (Phi) is 5.77. The number of anilines is 1. The first-order valence-corrected chi connectivity index (χ1v) is 8.22. The summed E-state index contributed by atoms with van der Waals surface area (Å²) < 4.78 is 1.77. The molecule has 0 aliphatic carbocycles. The summed E-state index contributed by atoms with van der Waals surface area (Å²) in [5.41, 5.74) is 3.02. The van der Waals surface area contributed by atoms with Crippen LogP contribution in [0.5, 0.6) is 0 Å². The third kappa shape index (κ3) is 4.57. The number of carbonyl (C=O) groups is 1. The van der Waals surface area contributed by atoms with Crippen molar-refractivity contribution < 1.29 is 4.79 Å². The molecule has 0 unspecified atom stereocenters. The first kappa shape index (κ1) is 17.0. The second-order valence-corrected chi connectivity index (χ2v) is 6.25. The number of rotatable bonds is 6. The van der Waals surface area contributed by atoms with E-state index < -0.39 is 0 Å². The highest BCUT2D eigenvalue weighted by atomic mass is 32.2. The molecule has 0 saturated carbocycles. The van der Waals surface area contributed by atoms with Crippen molar-refractivity contribution in [2.24, 2.45) is 7.05 Å². The molecule has 1 aromatic carbocycles. The maximum Gasteiger partial charge on any atom is 0.237 e. The molecule has 0 saturated heterocycles. The molecule has 0 spiro atoms. The Balaban J connectivity index is 2.15. The van der Waals surface area contributed by atoms with Crippen LogP contribution in [0.25, 0.3) is 0 Å². The number of aromatic nitrogens is 3. The number of thioether (sulfide) groups is 1. The predicted molar refractivity (Wildman–Crippen MR) is 90.2 cm³/mol. The fourth-order valence-electron chi connectivity index (χ4n) is 2.27. The topological polar surface area (TPSA) is 74.8 Å². The van der Waals surface area contributed by atoms with Gasteiger partial charge in [-0.1, -0.05) is 17.8 Å². The van der Waals surface area contributed by atoms with E-state index in [4.69, 9.17) is 5.26 Å². The summed E-state index contributed by atoms with van der Waals surface area (Å²) in [5.74, 6) is 0.212. The van der Waals surface area contributed by atoms with Crippen LogP contribution in [-0.4, -0.2) is 33.0 Å². The van der Waals surface area contributed by atoms with E-state index in [1.807, 2.05) is 33.0 Å². The van der Waals surface area contributed by atoms with Crippen LogP contribution in [0.1, 0.15) is 17.5 Å². The van der Waals surface area contributed by atoms with Gasteiger partial charge in [-0.05, 0) is 37.1 Å². The normalized spacial score (nSPS) is 10.3. The van der Waals surface area contributed by atoms with E-state index in [1.165, 1.54) is 11.8 Å². The van der Waals surface area contributed by atoms with E-state index >= 15 is 0 Å². The third-order valence-corrected chi connectivity index (χ3v) is 4.28. The van der Waals surface area contributed by atoms with Crippen molar-refractivity contribution in [3.63, 3.8) is 0 Å². The molecule has 1 heterocycles. The number of nitriles is 1. The summed E-state index contributed by atoms with van der Waals surface area (Å²) >= 11 is 1.34. The van der Waals surface area contributed by atoms with Crippen molar-refractivity contribution >= 4 is 23.4 Å². The molecule has 0 N–H and O–H groups in total. The highest BCUT2D eigenvalue weighted by molar-refractivity contribution is 7.99. The van der Waals surface area contributed by atoms with E-state index in [9.17, 15) is 4.79 Å². The molecule has 6 nitrogen and oxygen atoms in total. The van der Waals surface area contributed by atoms with Crippen LogP contribution >= 0.6 is 11.8 Å². The quantitative estimate of drug-likeness (QED) is 0.761. The second-order valence-electron chi connectivity index (χ2n) is 5.31. The average Bonchev–Trinajstić information content (AvgIpc) is 2.90. The van der Waals surface area contributed by atoms with Gasteiger partial charge in [-0.3, -0.25) is 4.79 Å². The summed E-state index contributed by atoms with van der Waals surface area (Å²) in [5, 5.41) is 17.3. The number of hydrogen-bond donors (Lipinski definition) is 0. The zero-order chi connectivity index (χ0) is 16.8. The Labute approximate surface area is 140 Å². The summed E-state index contributed by atoms with van der Waals surface area (Å²) in [6, 6.07) is 8.10. The zero-order valence-electron chi connectivity index (χ0n) is 13.5. The number of carbonyl (C=O) groups excluding carboxylic acids is 1. The fourth-order valence-corrected chi connectivity index (χ4v) is 3.04. The van der Waals surface area contributed by atoms with E-state index in [2.05, 4.69) is 22.3 Å². The van der Waals surface area contributed by atoms with Crippen LogP contribution < -0.4 is 4.90 Å². The van der Waals surface area contributed by atoms with Crippen LogP contribution in [0, 0.1) is 25.2 Å². The summed E-state index contributed by atoms with van der Waals surface area (Å²) in [4.78, 5) is 14.3. The van der Waals surface area contributed by atoms with Crippen molar-refractivity contribution in [1.82, 2.24) is 14.8 Å². The Morgan fingerprint density at radius 1 is 1.35 bits per heavy atom. The number of hydrogen-bond acceptors (Lipinski definition) is 5. The third-order valence-electron chi connectivity index (χ3n) is 3.26. The van der Waals surface area contributed by atoms with Gasteiger partial charge in [-0.25, -0.2) is 0 Å². The molecule has 0 atom stereocenters. The van der Waals surface area contributed by atoms with Crippen molar-refractivity contribution in [2.45, 2.75) is 25.4 Å². The van der Waals surface area contributed by atoms with Gasteiger partial charge in [0.2, 0.25) is 5.91 Å². The molecule has 0 bridgehead atoms. The number of benzene rings is 1. The summed E-state index contributed by atoms with van der Waals surface area (Å²) in [6.45, 7) is 4.38. The lowest BCUT2D eigenvalue weighted by Crippen LogP contribution is -2.33. The molecule has 1 amide bonds. The molecule has 0 aliphatic heterocycles. The zero-order valence-corrected chi connectivity index (χ0v) is 14.3. The molecule has 23 heavy (non-hydrogen) atoms. The van der Waals surface area contributed by atoms with E-state index in [-0.39, 0.29) is 11.7 Å². The molecule has 0 aliphatic rings. The van der Waals surface area contributed by atoms with E-state index in [0.29, 0.717) is 18.1 Å². The van der Waals surface area contributed by atoms with Gasteiger partial charge in [0.25, 0.3) is 0 Å². The maximum atomic E-state index is 12.6. The van der Waals surface area contributed by atoms with Crippen LogP contribution in [0.15, 0.2) is 29.7 Å². The first-order chi connectivity index (χ1) is 11.0. The molecule has 2 aromatic rings. The predicted octanol–water partition coefficient (Wildman–Crippen LogP) is 2.47. The van der Waals surface area contributed by atoms with Crippen molar-refractivity contribution in [3.05, 3.63) is 35.7 Å². The molecule has 120 valence electrons.